The molecule has 0 spiro atoms. The molecular weight excluding hydrogens is 545 g/mol. The summed E-state index contributed by atoms with van der Waals surface area (Å²) < 4.78 is 47.6. The van der Waals surface area contributed by atoms with Gasteiger partial charge in [-0.2, -0.15) is 0 Å². The Morgan fingerprint density at radius 3 is 2.23 bits per heavy atom. The molecule has 0 saturated heterocycles. The van der Waals surface area contributed by atoms with Crippen molar-refractivity contribution in [1.29, 1.82) is 0 Å². The summed E-state index contributed by atoms with van der Waals surface area (Å²) in [4.78, 5) is 27.7. The highest BCUT2D eigenvalue weighted by Crippen LogP contribution is 2.27. The Morgan fingerprint density at radius 2 is 1.64 bits per heavy atom. The van der Waals surface area contributed by atoms with Crippen LogP contribution in [0.25, 0.3) is 0 Å². The van der Waals surface area contributed by atoms with Gasteiger partial charge in [-0.25, -0.2) is 12.8 Å². The van der Waals surface area contributed by atoms with E-state index in [9.17, 15) is 22.4 Å². The molecule has 1 unspecified atom stereocenters. The van der Waals surface area contributed by atoms with Crippen LogP contribution >= 0.6 is 11.6 Å². The summed E-state index contributed by atoms with van der Waals surface area (Å²) in [7, 11) is -4.28. The standard InChI is InChI=1S/C28H31ClFN3O5S/c1-4-31-28(35)20(3)32(18-21-8-6-7-9-26(21)29)27(34)19-33(23-12-10-22(30)11-13-23)39(36,37)25-16-14-24(15-17-25)38-5-2/h6-17,20H,4-5,18-19H2,1-3H3,(H,31,35). The van der Waals surface area contributed by atoms with Crippen LogP contribution in [-0.2, 0) is 26.2 Å². The quantitative estimate of drug-likeness (QED) is 0.340. The number of hydrogen-bond acceptors (Lipinski definition) is 5. The molecule has 2 amide bonds. The van der Waals surface area contributed by atoms with Crippen LogP contribution in [0.1, 0.15) is 26.3 Å². The Balaban J connectivity index is 2.02. The number of carbonyl (C=O) groups is 2. The van der Waals surface area contributed by atoms with Crippen LogP contribution in [-0.4, -0.2) is 50.9 Å². The lowest BCUT2D eigenvalue weighted by atomic mass is 10.1. The molecule has 0 aliphatic carbocycles. The Labute approximate surface area is 233 Å². The highest BCUT2D eigenvalue weighted by molar-refractivity contribution is 7.92. The number of amides is 2. The smallest absolute Gasteiger partial charge is 0.264 e. The largest absolute Gasteiger partial charge is 0.494 e. The molecule has 0 fully saturated rings. The Hall–Kier alpha value is -3.63. The number of anilines is 1. The monoisotopic (exact) mass is 575 g/mol. The molecule has 1 atom stereocenters. The maximum atomic E-state index is 13.8. The molecule has 0 bridgehead atoms. The number of carbonyl (C=O) groups excluding carboxylic acids is 2. The van der Waals surface area contributed by atoms with Gasteiger partial charge in [-0.15, -0.1) is 0 Å². The van der Waals surface area contributed by atoms with E-state index in [1.54, 1.807) is 38.1 Å². The van der Waals surface area contributed by atoms with Crippen LogP contribution < -0.4 is 14.4 Å². The third kappa shape index (κ3) is 7.48. The maximum Gasteiger partial charge on any atom is 0.264 e. The van der Waals surface area contributed by atoms with Gasteiger partial charge >= 0.3 is 0 Å². The van der Waals surface area contributed by atoms with E-state index in [-0.39, 0.29) is 17.1 Å². The zero-order valence-electron chi connectivity index (χ0n) is 21.9. The normalized spacial score (nSPS) is 11.9. The van der Waals surface area contributed by atoms with Crippen molar-refractivity contribution in [1.82, 2.24) is 10.2 Å². The van der Waals surface area contributed by atoms with Crippen LogP contribution in [0.3, 0.4) is 0 Å². The van der Waals surface area contributed by atoms with Gasteiger partial charge in [-0.1, -0.05) is 29.8 Å². The molecule has 208 valence electrons. The first kappa shape index (κ1) is 29.9. The summed E-state index contributed by atoms with van der Waals surface area (Å²) in [5.41, 5.74) is 0.674. The van der Waals surface area contributed by atoms with Gasteiger partial charge in [0.1, 0.15) is 24.2 Å². The molecule has 0 aromatic heterocycles. The summed E-state index contributed by atoms with van der Waals surface area (Å²) in [6.45, 7) is 5.21. The van der Waals surface area contributed by atoms with Crippen molar-refractivity contribution < 1.29 is 27.1 Å². The number of nitrogens with one attached hydrogen (secondary N) is 1. The van der Waals surface area contributed by atoms with Gasteiger partial charge in [0.25, 0.3) is 10.0 Å². The first-order valence-electron chi connectivity index (χ1n) is 12.4. The summed E-state index contributed by atoms with van der Waals surface area (Å²) in [6.07, 6.45) is 0. The average Bonchev–Trinajstić information content (AvgIpc) is 2.92. The molecule has 0 radical (unpaired) electrons. The topological polar surface area (TPSA) is 96.0 Å². The fraction of sp³-hybridized carbons (Fsp3) is 0.286. The Morgan fingerprint density at radius 1 is 1.00 bits per heavy atom. The van der Waals surface area contributed by atoms with Gasteiger partial charge in [0.05, 0.1) is 17.2 Å². The lowest BCUT2D eigenvalue weighted by Crippen LogP contribution is -2.51. The number of nitrogens with zero attached hydrogens (tertiary/aromatic N) is 2. The fourth-order valence-corrected chi connectivity index (χ4v) is 5.46. The zero-order valence-corrected chi connectivity index (χ0v) is 23.5. The molecule has 3 aromatic rings. The maximum absolute atomic E-state index is 13.8. The number of hydrogen-bond donors (Lipinski definition) is 1. The highest BCUT2D eigenvalue weighted by Gasteiger charge is 2.32. The van der Waals surface area contributed by atoms with Crippen molar-refractivity contribution in [3.8, 4) is 5.75 Å². The minimum Gasteiger partial charge on any atom is -0.494 e. The molecule has 3 aromatic carbocycles. The van der Waals surface area contributed by atoms with E-state index in [2.05, 4.69) is 5.32 Å². The summed E-state index contributed by atoms with van der Waals surface area (Å²) >= 11 is 6.33. The molecule has 0 aliphatic heterocycles. The molecule has 3 rings (SSSR count). The molecule has 0 heterocycles. The lowest BCUT2D eigenvalue weighted by molar-refractivity contribution is -0.139. The third-order valence-electron chi connectivity index (χ3n) is 5.93. The molecule has 39 heavy (non-hydrogen) atoms. The van der Waals surface area contributed by atoms with Crippen LogP contribution in [0.2, 0.25) is 5.02 Å². The van der Waals surface area contributed by atoms with E-state index in [0.717, 1.165) is 16.4 Å². The number of benzene rings is 3. The minimum absolute atomic E-state index is 0.0306. The number of halogens is 2. The van der Waals surface area contributed by atoms with Crippen LogP contribution in [0, 0.1) is 5.82 Å². The average molecular weight is 576 g/mol. The van der Waals surface area contributed by atoms with Gasteiger partial charge in [0, 0.05) is 18.1 Å². The van der Waals surface area contributed by atoms with Crippen molar-refractivity contribution in [2.45, 2.75) is 38.3 Å². The molecule has 8 nitrogen and oxygen atoms in total. The molecule has 11 heteroatoms. The predicted molar refractivity (Wildman–Crippen MR) is 149 cm³/mol. The van der Waals surface area contributed by atoms with Crippen molar-refractivity contribution in [2.24, 2.45) is 0 Å². The SMILES string of the molecule is CCNC(=O)C(C)N(Cc1ccccc1Cl)C(=O)CN(c1ccc(F)cc1)S(=O)(=O)c1ccc(OCC)cc1. The van der Waals surface area contributed by atoms with Crippen molar-refractivity contribution in [3.05, 3.63) is 89.2 Å². The van der Waals surface area contributed by atoms with E-state index in [0.29, 0.717) is 29.5 Å². The minimum atomic E-state index is -4.28. The highest BCUT2D eigenvalue weighted by atomic mass is 35.5. The second-order valence-corrected chi connectivity index (χ2v) is 10.8. The second kappa shape index (κ2) is 13.4. The van der Waals surface area contributed by atoms with Gasteiger partial charge in [0.15, 0.2) is 0 Å². The fourth-order valence-electron chi connectivity index (χ4n) is 3.85. The third-order valence-corrected chi connectivity index (χ3v) is 8.09. The van der Waals surface area contributed by atoms with E-state index in [4.69, 9.17) is 16.3 Å². The van der Waals surface area contributed by atoms with Gasteiger partial charge in [0.2, 0.25) is 11.8 Å². The molecule has 0 saturated carbocycles. The summed E-state index contributed by atoms with van der Waals surface area (Å²) in [6, 6.07) is 16.5. The molecular formula is C28H31ClFN3O5S. The summed E-state index contributed by atoms with van der Waals surface area (Å²) in [5.74, 6) is -1.12. The number of rotatable bonds is 12. The number of ether oxygens (including phenoxy) is 1. The van der Waals surface area contributed by atoms with E-state index in [1.807, 2.05) is 6.92 Å². The number of likely N-dealkylation sites (N-methyl/N-ethyl adjacent to an activating group) is 1. The van der Waals surface area contributed by atoms with Gasteiger partial charge in [-0.05, 0) is 80.9 Å². The second-order valence-electron chi connectivity index (χ2n) is 8.58. The predicted octanol–water partition coefficient (Wildman–Crippen LogP) is 4.63. The van der Waals surface area contributed by atoms with Crippen molar-refractivity contribution in [2.75, 3.05) is 24.0 Å². The van der Waals surface area contributed by atoms with Crippen LogP contribution in [0.4, 0.5) is 10.1 Å². The van der Waals surface area contributed by atoms with Crippen molar-refractivity contribution >= 4 is 39.1 Å². The van der Waals surface area contributed by atoms with Gasteiger partial charge in [-0.3, -0.25) is 13.9 Å². The first-order chi connectivity index (χ1) is 18.6. The molecule has 0 aliphatic rings. The van der Waals surface area contributed by atoms with Crippen LogP contribution in [0.15, 0.2) is 77.7 Å². The Bertz CT molecular complexity index is 1390. The lowest BCUT2D eigenvalue weighted by Gasteiger charge is -2.32. The Kier molecular flexibility index (Phi) is 10.3. The zero-order chi connectivity index (χ0) is 28.6. The van der Waals surface area contributed by atoms with E-state index >= 15 is 0 Å². The van der Waals surface area contributed by atoms with Crippen LogP contribution in [0.5, 0.6) is 5.75 Å². The van der Waals surface area contributed by atoms with E-state index in [1.165, 1.54) is 41.3 Å². The van der Waals surface area contributed by atoms with Crippen molar-refractivity contribution in [3.63, 3.8) is 0 Å². The summed E-state index contributed by atoms with van der Waals surface area (Å²) in [5, 5.41) is 3.09. The first-order valence-corrected chi connectivity index (χ1v) is 14.2. The molecule has 1 N–H and O–H groups in total. The number of sulfonamides is 1. The van der Waals surface area contributed by atoms with E-state index < -0.39 is 40.2 Å². The van der Waals surface area contributed by atoms with Gasteiger partial charge < -0.3 is 15.0 Å².